The van der Waals surface area contributed by atoms with E-state index < -0.39 is 12.1 Å². The third-order valence-corrected chi connectivity index (χ3v) is 2.31. The normalized spacial score (nSPS) is 14.9. The fourth-order valence-corrected chi connectivity index (χ4v) is 1.53. The Labute approximate surface area is 100 Å². The van der Waals surface area contributed by atoms with Crippen LogP contribution in [0.4, 0.5) is 4.79 Å². The van der Waals surface area contributed by atoms with Crippen LogP contribution in [0.1, 0.15) is 13.8 Å². The van der Waals surface area contributed by atoms with Crippen LogP contribution in [0.3, 0.4) is 0 Å². The van der Waals surface area contributed by atoms with Gasteiger partial charge < -0.3 is 14.2 Å². The lowest BCUT2D eigenvalue weighted by atomic mass is 10.2. The fraction of sp³-hybridized carbons (Fsp3) is 0.636. The molecule has 1 amide bonds. The zero-order valence-electron chi connectivity index (χ0n) is 10.3. The molecule has 0 spiro atoms. The number of hydrogen-bond donors (Lipinski definition) is 0. The average Bonchev–Trinajstić information content (AvgIpc) is 2.73. The second-order valence-electron chi connectivity index (χ2n) is 3.38. The van der Waals surface area contributed by atoms with Crippen molar-refractivity contribution >= 4 is 12.1 Å². The van der Waals surface area contributed by atoms with Crippen molar-refractivity contribution in [1.29, 1.82) is 0 Å². The number of ether oxygens (including phenoxy) is 3. The van der Waals surface area contributed by atoms with Crippen molar-refractivity contribution in [3.05, 3.63) is 11.3 Å². The van der Waals surface area contributed by atoms with Crippen molar-refractivity contribution < 1.29 is 23.8 Å². The van der Waals surface area contributed by atoms with Crippen molar-refractivity contribution in [2.75, 3.05) is 33.4 Å². The van der Waals surface area contributed by atoms with Gasteiger partial charge in [0, 0.05) is 0 Å². The van der Waals surface area contributed by atoms with Gasteiger partial charge in [0.1, 0.15) is 5.76 Å². The number of rotatable bonds is 4. The second kappa shape index (κ2) is 6.12. The first-order valence-corrected chi connectivity index (χ1v) is 5.48. The summed E-state index contributed by atoms with van der Waals surface area (Å²) in [5, 5.41) is 0. The first-order chi connectivity index (χ1) is 8.13. The van der Waals surface area contributed by atoms with Crippen molar-refractivity contribution in [1.82, 2.24) is 4.90 Å². The van der Waals surface area contributed by atoms with Gasteiger partial charge in [0.15, 0.2) is 0 Å². The van der Waals surface area contributed by atoms with Crippen LogP contribution in [0.15, 0.2) is 11.3 Å². The minimum Gasteiger partial charge on any atom is -0.499 e. The van der Waals surface area contributed by atoms with Gasteiger partial charge in [-0.15, -0.1) is 0 Å². The molecule has 96 valence electrons. The molecule has 0 saturated heterocycles. The molecule has 1 aliphatic rings. The van der Waals surface area contributed by atoms with Gasteiger partial charge in [-0.25, -0.2) is 9.59 Å². The van der Waals surface area contributed by atoms with Gasteiger partial charge in [-0.05, 0) is 13.8 Å². The molecule has 0 aliphatic carbocycles. The predicted octanol–water partition coefficient (Wildman–Crippen LogP) is 0.922. The second-order valence-corrected chi connectivity index (χ2v) is 3.38. The molecule has 6 heteroatoms. The number of carbonyl (C=O) groups excluding carboxylic acids is 2. The van der Waals surface area contributed by atoms with Crippen LogP contribution in [-0.2, 0) is 19.0 Å². The minimum atomic E-state index is -0.457. The summed E-state index contributed by atoms with van der Waals surface area (Å²) < 4.78 is 14.8. The smallest absolute Gasteiger partial charge is 0.410 e. The van der Waals surface area contributed by atoms with Crippen LogP contribution >= 0.6 is 0 Å². The van der Waals surface area contributed by atoms with Crippen molar-refractivity contribution in [2.24, 2.45) is 0 Å². The quantitative estimate of drug-likeness (QED) is 0.687. The first-order valence-electron chi connectivity index (χ1n) is 5.48. The summed E-state index contributed by atoms with van der Waals surface area (Å²) in [6, 6.07) is 0. The van der Waals surface area contributed by atoms with Crippen molar-refractivity contribution in [3.63, 3.8) is 0 Å². The lowest BCUT2D eigenvalue weighted by Crippen LogP contribution is -2.31. The van der Waals surface area contributed by atoms with Gasteiger partial charge in [0.2, 0.25) is 0 Å². The Hall–Kier alpha value is -1.72. The van der Waals surface area contributed by atoms with E-state index in [4.69, 9.17) is 14.2 Å². The van der Waals surface area contributed by atoms with E-state index in [0.29, 0.717) is 24.5 Å². The zero-order valence-corrected chi connectivity index (χ0v) is 10.3. The van der Waals surface area contributed by atoms with Crippen LogP contribution in [0, 0.1) is 0 Å². The Kier molecular flexibility index (Phi) is 4.81. The molecule has 0 N–H and O–H groups in total. The topological polar surface area (TPSA) is 65.1 Å². The summed E-state index contributed by atoms with van der Waals surface area (Å²) in [6.07, 6.45) is -0.457. The third kappa shape index (κ3) is 3.12. The summed E-state index contributed by atoms with van der Waals surface area (Å²) in [6.45, 7) is 4.45. The van der Waals surface area contributed by atoms with E-state index in [9.17, 15) is 9.59 Å². The molecule has 1 rings (SSSR count). The lowest BCUT2D eigenvalue weighted by Gasteiger charge is -2.14. The summed E-state index contributed by atoms with van der Waals surface area (Å²) in [4.78, 5) is 24.5. The van der Waals surface area contributed by atoms with Crippen LogP contribution in [-0.4, -0.2) is 50.4 Å². The summed E-state index contributed by atoms with van der Waals surface area (Å²) in [5.74, 6) is 0.00708. The maximum absolute atomic E-state index is 11.6. The Morgan fingerprint density at radius 3 is 2.35 bits per heavy atom. The molecule has 0 fully saturated rings. The number of hydrogen-bond acceptors (Lipinski definition) is 5. The molecular weight excluding hydrogens is 226 g/mol. The molecule has 0 bridgehead atoms. The number of nitrogens with zero attached hydrogens (tertiary/aromatic N) is 1. The minimum absolute atomic E-state index is 0.167. The molecule has 0 aromatic carbocycles. The first kappa shape index (κ1) is 13.3. The highest BCUT2D eigenvalue weighted by atomic mass is 16.6. The van der Waals surface area contributed by atoms with Gasteiger partial charge in [0.25, 0.3) is 0 Å². The third-order valence-electron chi connectivity index (χ3n) is 2.31. The maximum Gasteiger partial charge on any atom is 0.410 e. The highest BCUT2D eigenvalue weighted by Crippen LogP contribution is 2.20. The highest BCUT2D eigenvalue weighted by molar-refractivity contribution is 5.91. The number of amides is 1. The van der Waals surface area contributed by atoms with Crippen molar-refractivity contribution in [3.8, 4) is 0 Å². The molecular formula is C11H17NO5. The molecule has 1 heterocycles. The van der Waals surface area contributed by atoms with Gasteiger partial charge in [-0.2, -0.15) is 0 Å². The van der Waals surface area contributed by atoms with Gasteiger partial charge >= 0.3 is 12.1 Å². The monoisotopic (exact) mass is 243 g/mol. The lowest BCUT2D eigenvalue weighted by molar-refractivity contribution is -0.138. The average molecular weight is 243 g/mol. The zero-order chi connectivity index (χ0) is 12.8. The van der Waals surface area contributed by atoms with E-state index in [0.717, 1.165) is 0 Å². The van der Waals surface area contributed by atoms with Gasteiger partial charge in [-0.3, -0.25) is 4.90 Å². The molecule has 0 radical (unpaired) electrons. The number of esters is 1. The Bertz CT molecular complexity index is 337. The van der Waals surface area contributed by atoms with Crippen LogP contribution in [0.25, 0.3) is 0 Å². The highest BCUT2D eigenvalue weighted by Gasteiger charge is 2.32. The maximum atomic E-state index is 11.6. The van der Waals surface area contributed by atoms with Gasteiger partial charge in [0.05, 0.1) is 39.0 Å². The molecule has 0 saturated carbocycles. The predicted molar refractivity (Wildman–Crippen MR) is 59.3 cm³/mol. The fourth-order valence-electron chi connectivity index (χ4n) is 1.53. The molecule has 1 aliphatic heterocycles. The summed E-state index contributed by atoms with van der Waals surface area (Å²) in [7, 11) is 1.46. The largest absolute Gasteiger partial charge is 0.499 e. The van der Waals surface area contributed by atoms with Crippen LogP contribution in [0.5, 0.6) is 0 Å². The molecule has 0 atom stereocenters. The summed E-state index contributed by atoms with van der Waals surface area (Å²) in [5.41, 5.74) is 0.377. The van der Waals surface area contributed by atoms with E-state index >= 15 is 0 Å². The van der Waals surface area contributed by atoms with E-state index in [1.54, 1.807) is 13.8 Å². The van der Waals surface area contributed by atoms with E-state index in [1.807, 2.05) is 0 Å². The van der Waals surface area contributed by atoms with Crippen LogP contribution < -0.4 is 0 Å². The molecule has 17 heavy (non-hydrogen) atoms. The van der Waals surface area contributed by atoms with Crippen molar-refractivity contribution in [2.45, 2.75) is 13.8 Å². The van der Waals surface area contributed by atoms with Crippen LogP contribution in [0.2, 0.25) is 0 Å². The molecule has 6 nitrogen and oxygen atoms in total. The summed E-state index contributed by atoms with van der Waals surface area (Å²) >= 11 is 0. The number of carbonyl (C=O) groups is 2. The standard InChI is InChI=1S/C11H17NO5/c1-4-16-10(13)8-6-12(7-9(8)15-3)11(14)17-5-2/h4-7H2,1-3H3. The number of methoxy groups -OCH3 is 1. The van der Waals surface area contributed by atoms with Gasteiger partial charge in [-0.1, -0.05) is 0 Å². The van der Waals surface area contributed by atoms with E-state index in [-0.39, 0.29) is 13.1 Å². The molecule has 0 aromatic heterocycles. The SMILES string of the molecule is CCOC(=O)C1=C(OC)CN(C(=O)OCC)C1. The Morgan fingerprint density at radius 1 is 1.18 bits per heavy atom. The van der Waals surface area contributed by atoms with E-state index in [1.165, 1.54) is 12.0 Å². The van der Waals surface area contributed by atoms with E-state index in [2.05, 4.69) is 0 Å². The Balaban J connectivity index is 2.69. The Morgan fingerprint density at radius 2 is 1.82 bits per heavy atom. The molecule has 0 aromatic rings. The molecule has 0 unspecified atom stereocenters.